The van der Waals surface area contributed by atoms with Gasteiger partial charge >= 0.3 is 0 Å². The quantitative estimate of drug-likeness (QED) is 0.769. The van der Waals surface area contributed by atoms with Gasteiger partial charge in [0.15, 0.2) is 0 Å². The molecule has 1 aliphatic heterocycles. The summed E-state index contributed by atoms with van der Waals surface area (Å²) in [5.74, 6) is 0.565. The van der Waals surface area contributed by atoms with Gasteiger partial charge in [0.25, 0.3) is 0 Å². The number of hydrogen-bond acceptors (Lipinski definition) is 4. The smallest absolute Gasteiger partial charge is 0.0558 e. The molecule has 4 heteroatoms. The molecule has 2 N–H and O–H groups in total. The molecular formula is C19H33N3O. The van der Waals surface area contributed by atoms with E-state index in [0.29, 0.717) is 12.0 Å². The number of aliphatic hydroxyl groups excluding tert-OH is 1. The molecule has 1 aromatic carbocycles. The maximum Gasteiger partial charge on any atom is 0.0558 e. The second-order valence-corrected chi connectivity index (χ2v) is 6.74. The molecule has 23 heavy (non-hydrogen) atoms. The number of nitrogens with zero attached hydrogens (tertiary/aromatic N) is 2. The Labute approximate surface area is 141 Å². The lowest BCUT2D eigenvalue weighted by Gasteiger charge is -2.36. The van der Waals surface area contributed by atoms with Gasteiger partial charge in [0.2, 0.25) is 0 Å². The Morgan fingerprint density at radius 2 is 1.74 bits per heavy atom. The molecule has 1 unspecified atom stereocenters. The van der Waals surface area contributed by atoms with Crippen LogP contribution < -0.4 is 5.32 Å². The molecule has 1 aliphatic rings. The molecular weight excluding hydrogens is 286 g/mol. The van der Waals surface area contributed by atoms with Crippen LogP contribution in [0.25, 0.3) is 0 Å². The van der Waals surface area contributed by atoms with Crippen LogP contribution in [0.5, 0.6) is 0 Å². The lowest BCUT2D eigenvalue weighted by molar-refractivity contribution is 0.113. The Balaban J connectivity index is 2.16. The molecule has 1 fully saturated rings. The van der Waals surface area contributed by atoms with Gasteiger partial charge in [-0.05, 0) is 23.6 Å². The first kappa shape index (κ1) is 18.4. The first-order valence-corrected chi connectivity index (χ1v) is 9.03. The van der Waals surface area contributed by atoms with Gasteiger partial charge in [0.05, 0.1) is 6.61 Å². The number of likely N-dealkylation sites (N-methyl/N-ethyl adjacent to an activating group) is 1. The monoisotopic (exact) mass is 319 g/mol. The van der Waals surface area contributed by atoms with E-state index in [4.69, 9.17) is 0 Å². The number of benzene rings is 1. The molecule has 1 heterocycles. The van der Waals surface area contributed by atoms with Crippen molar-refractivity contribution < 1.29 is 5.11 Å². The summed E-state index contributed by atoms with van der Waals surface area (Å²) < 4.78 is 0. The molecule has 0 bridgehead atoms. The second-order valence-electron chi connectivity index (χ2n) is 6.74. The molecule has 0 saturated carbocycles. The van der Waals surface area contributed by atoms with E-state index in [2.05, 4.69) is 60.2 Å². The summed E-state index contributed by atoms with van der Waals surface area (Å²) in [4.78, 5) is 4.93. The van der Waals surface area contributed by atoms with Crippen LogP contribution in [0.4, 0.5) is 0 Å². The molecule has 4 nitrogen and oxygen atoms in total. The predicted molar refractivity (Wildman–Crippen MR) is 96.9 cm³/mol. The molecule has 2 rings (SSSR count). The number of rotatable bonds is 8. The van der Waals surface area contributed by atoms with Gasteiger partial charge < -0.3 is 10.4 Å². The largest absolute Gasteiger partial charge is 0.395 e. The van der Waals surface area contributed by atoms with Crippen LogP contribution in [-0.2, 0) is 0 Å². The highest BCUT2D eigenvalue weighted by Gasteiger charge is 2.23. The van der Waals surface area contributed by atoms with Crippen molar-refractivity contribution in [2.75, 3.05) is 52.4 Å². The highest BCUT2D eigenvalue weighted by Crippen LogP contribution is 2.24. The third-order valence-corrected chi connectivity index (χ3v) is 4.86. The molecule has 0 amide bonds. The fourth-order valence-corrected chi connectivity index (χ4v) is 3.34. The van der Waals surface area contributed by atoms with E-state index < -0.39 is 0 Å². The normalized spacial score (nSPS) is 17.8. The fourth-order valence-electron chi connectivity index (χ4n) is 3.34. The van der Waals surface area contributed by atoms with Crippen LogP contribution in [0.1, 0.15) is 43.9 Å². The highest BCUT2D eigenvalue weighted by molar-refractivity contribution is 5.27. The van der Waals surface area contributed by atoms with Crippen molar-refractivity contribution in [3.05, 3.63) is 35.4 Å². The number of hydrogen-bond donors (Lipinski definition) is 2. The summed E-state index contributed by atoms with van der Waals surface area (Å²) in [6.45, 7) is 14.0. The first-order chi connectivity index (χ1) is 11.2. The average molecular weight is 319 g/mol. The molecule has 130 valence electrons. The minimum atomic E-state index is 0.218. The van der Waals surface area contributed by atoms with Gasteiger partial charge in [-0.1, -0.05) is 45.0 Å². The SMILES string of the molecule is CCN(CCO)C(CN1CCNCC1)c1ccc(C(C)C)cc1. The van der Waals surface area contributed by atoms with Crippen LogP contribution in [-0.4, -0.2) is 67.3 Å². The third kappa shape index (κ3) is 5.28. The molecule has 0 aromatic heterocycles. The molecule has 0 radical (unpaired) electrons. The average Bonchev–Trinajstić information content (AvgIpc) is 2.59. The standard InChI is InChI=1S/C19H33N3O/c1-4-22(13-14-23)19(15-21-11-9-20-10-12-21)18-7-5-17(6-8-18)16(2)3/h5-8,16,19-20,23H,4,9-15H2,1-3H3. The lowest BCUT2D eigenvalue weighted by atomic mass is 9.98. The highest BCUT2D eigenvalue weighted by atomic mass is 16.3. The van der Waals surface area contributed by atoms with Crippen LogP contribution in [0, 0.1) is 0 Å². The maximum atomic E-state index is 9.42. The van der Waals surface area contributed by atoms with Crippen LogP contribution in [0.15, 0.2) is 24.3 Å². The zero-order valence-corrected chi connectivity index (χ0v) is 15.0. The van der Waals surface area contributed by atoms with Crippen molar-refractivity contribution >= 4 is 0 Å². The van der Waals surface area contributed by atoms with Gasteiger partial charge in [0.1, 0.15) is 0 Å². The summed E-state index contributed by atoms with van der Waals surface area (Å²) in [6, 6.07) is 9.44. The van der Waals surface area contributed by atoms with E-state index in [1.165, 1.54) is 11.1 Å². The van der Waals surface area contributed by atoms with Crippen LogP contribution in [0.2, 0.25) is 0 Å². The van der Waals surface area contributed by atoms with E-state index in [1.54, 1.807) is 0 Å². The van der Waals surface area contributed by atoms with Gasteiger partial charge in [-0.15, -0.1) is 0 Å². The molecule has 0 spiro atoms. The Hall–Kier alpha value is -0.940. The minimum absolute atomic E-state index is 0.218. The molecule has 1 saturated heterocycles. The summed E-state index contributed by atoms with van der Waals surface area (Å²) >= 11 is 0. The molecule has 1 atom stereocenters. The maximum absolute atomic E-state index is 9.42. The van der Waals surface area contributed by atoms with Crippen LogP contribution in [0.3, 0.4) is 0 Å². The summed E-state index contributed by atoms with van der Waals surface area (Å²) in [5, 5.41) is 12.8. The van der Waals surface area contributed by atoms with Crippen molar-refractivity contribution in [3.8, 4) is 0 Å². The Kier molecular flexibility index (Phi) is 7.50. The first-order valence-electron chi connectivity index (χ1n) is 9.03. The van der Waals surface area contributed by atoms with Gasteiger partial charge in [-0.2, -0.15) is 0 Å². The molecule has 0 aliphatic carbocycles. The Morgan fingerprint density at radius 3 is 2.26 bits per heavy atom. The van der Waals surface area contributed by atoms with E-state index in [1.807, 2.05) is 0 Å². The van der Waals surface area contributed by atoms with E-state index in [-0.39, 0.29) is 6.61 Å². The zero-order chi connectivity index (χ0) is 16.7. The van der Waals surface area contributed by atoms with Crippen molar-refractivity contribution in [1.29, 1.82) is 0 Å². The van der Waals surface area contributed by atoms with Crippen molar-refractivity contribution in [2.45, 2.75) is 32.7 Å². The van der Waals surface area contributed by atoms with Gasteiger partial charge in [-0.25, -0.2) is 0 Å². The number of piperazine rings is 1. The topological polar surface area (TPSA) is 38.7 Å². The number of aliphatic hydroxyl groups is 1. The van der Waals surface area contributed by atoms with Crippen LogP contribution >= 0.6 is 0 Å². The summed E-state index contributed by atoms with van der Waals surface area (Å²) in [6.07, 6.45) is 0. The lowest BCUT2D eigenvalue weighted by Crippen LogP contribution is -2.47. The number of nitrogens with one attached hydrogen (secondary N) is 1. The Bertz CT molecular complexity index is 440. The van der Waals surface area contributed by atoms with E-state index in [9.17, 15) is 5.11 Å². The van der Waals surface area contributed by atoms with Crippen molar-refractivity contribution in [1.82, 2.24) is 15.1 Å². The van der Waals surface area contributed by atoms with Crippen molar-refractivity contribution in [2.24, 2.45) is 0 Å². The molecule has 1 aromatic rings. The fraction of sp³-hybridized carbons (Fsp3) is 0.684. The summed E-state index contributed by atoms with van der Waals surface area (Å²) in [7, 11) is 0. The third-order valence-electron chi connectivity index (χ3n) is 4.86. The predicted octanol–water partition coefficient (Wildman–Crippen LogP) is 2.07. The van der Waals surface area contributed by atoms with E-state index in [0.717, 1.165) is 45.8 Å². The van der Waals surface area contributed by atoms with Crippen molar-refractivity contribution in [3.63, 3.8) is 0 Å². The summed E-state index contributed by atoms with van der Waals surface area (Å²) in [5.41, 5.74) is 2.75. The Morgan fingerprint density at radius 1 is 1.13 bits per heavy atom. The minimum Gasteiger partial charge on any atom is -0.395 e. The zero-order valence-electron chi connectivity index (χ0n) is 15.0. The van der Waals surface area contributed by atoms with Gasteiger partial charge in [-0.3, -0.25) is 9.80 Å². The second kappa shape index (κ2) is 9.38. The van der Waals surface area contributed by atoms with E-state index >= 15 is 0 Å². The van der Waals surface area contributed by atoms with Gasteiger partial charge in [0, 0.05) is 45.3 Å².